The van der Waals surface area contributed by atoms with Gasteiger partial charge in [0.05, 0.1) is 22.3 Å². The Kier molecular flexibility index (Phi) is 16.9. The molecule has 216 valence electrons. The fraction of sp³-hybridized carbons (Fsp3) is 0.913. The zero-order chi connectivity index (χ0) is 26.5. The average Bonchev–Trinajstić information content (AvgIpc) is 3.45. The first-order chi connectivity index (χ1) is 15.9. The molecule has 4 aliphatic carbocycles. The molecule has 1 saturated heterocycles. The third-order valence-electron chi connectivity index (χ3n) is 9.67. The van der Waals surface area contributed by atoms with Gasteiger partial charge in [0.15, 0.2) is 0 Å². The fourth-order valence-electron chi connectivity index (χ4n) is 7.13. The van der Waals surface area contributed by atoms with Crippen LogP contribution < -0.4 is 0 Å². The molecule has 5 aliphatic rings. The van der Waals surface area contributed by atoms with Gasteiger partial charge in [-0.15, -0.1) is 0 Å². The van der Waals surface area contributed by atoms with E-state index in [0.717, 1.165) is 12.8 Å². The molecule has 0 amide bonds. The largest absolute Gasteiger partial charge is 0 e. The number of thioether (sulfide) groups is 2. The minimum atomic E-state index is -4.08. The van der Waals surface area contributed by atoms with Gasteiger partial charge in [0, 0.05) is 49.9 Å². The zero-order valence-corrected chi connectivity index (χ0v) is 26.0. The number of Topliss-reactive ketones (excluding diaryl/α,β-unsaturated/α-hetero) is 2. The summed E-state index contributed by atoms with van der Waals surface area (Å²) in [4.78, 5) is 23.8. The Balaban J connectivity index is 0.000000571. The molecule has 38 heavy (non-hydrogen) atoms. The van der Waals surface area contributed by atoms with Crippen LogP contribution in [-0.4, -0.2) is 168 Å². The SMILES string of the molecule is C1CSCS1.CC1(C)C2CCC1(CS(=O)(=O)O)C(=O)C2.CC1(C)C2CCC1(CS(=O)(=O)O)C(=O)C2.[KH].[KH].[Pd]. The van der Waals surface area contributed by atoms with Gasteiger partial charge in [-0.3, -0.25) is 18.7 Å². The van der Waals surface area contributed by atoms with Crippen molar-refractivity contribution < 1.29 is 56.0 Å². The number of carbonyl (C=O) groups excluding carboxylic acids is 2. The molecule has 5 rings (SSSR count). The van der Waals surface area contributed by atoms with E-state index in [1.54, 1.807) is 0 Å². The number of hydrogen-bond acceptors (Lipinski definition) is 8. The van der Waals surface area contributed by atoms with E-state index in [2.05, 4.69) is 0 Å². The van der Waals surface area contributed by atoms with E-state index in [4.69, 9.17) is 9.11 Å². The van der Waals surface area contributed by atoms with E-state index >= 15 is 0 Å². The predicted molar refractivity (Wildman–Crippen MR) is 154 cm³/mol. The summed E-state index contributed by atoms with van der Waals surface area (Å²) in [5.41, 5.74) is -2.24. The standard InChI is InChI=1S/2C10H16O4S.C3H6S2.2K.Pd.2H/c2*1-9(2)7-3-4-10(9,8(11)5-7)6-15(12,13)14;1-2-5-3-4-1;;;;;/h2*7H,3-6H2,1-2H3,(H,12,13,14);1-3H2;;;;;. The smallest absolute Gasteiger partial charge is 0 e. The molecule has 1 heterocycles. The number of hydrogen-bond donors (Lipinski definition) is 2. The molecule has 4 bridgehead atoms. The summed E-state index contributed by atoms with van der Waals surface area (Å²) in [5, 5.41) is 1.33. The van der Waals surface area contributed by atoms with E-state index in [1.165, 1.54) is 16.6 Å². The normalized spacial score (nSPS) is 33.6. The van der Waals surface area contributed by atoms with E-state index in [9.17, 15) is 26.4 Å². The monoisotopic (exact) mass is 756 g/mol. The van der Waals surface area contributed by atoms with Crippen molar-refractivity contribution in [3.63, 3.8) is 0 Å². The summed E-state index contributed by atoms with van der Waals surface area (Å²) in [5.74, 6) is 2.56. The first-order valence-electron chi connectivity index (χ1n) is 12.0. The fourth-order valence-corrected chi connectivity index (χ4v) is 12.1. The zero-order valence-electron chi connectivity index (χ0n) is 21.2. The van der Waals surface area contributed by atoms with E-state index in [1.807, 2.05) is 51.2 Å². The molecule has 0 spiro atoms. The molecule has 4 saturated carbocycles. The van der Waals surface area contributed by atoms with Crippen molar-refractivity contribution in [2.45, 2.75) is 66.2 Å². The van der Waals surface area contributed by atoms with Gasteiger partial charge >= 0.3 is 103 Å². The summed E-state index contributed by atoms with van der Waals surface area (Å²) in [6.07, 6.45) is 3.94. The topological polar surface area (TPSA) is 143 Å². The van der Waals surface area contributed by atoms with Crippen LogP contribution in [0.25, 0.3) is 0 Å². The second-order valence-corrected chi connectivity index (χ2v) is 17.2. The molecular formula is C23H40K2O8PdS4. The maximum Gasteiger partial charge on any atom is 0 e. The second kappa shape index (κ2) is 15.4. The van der Waals surface area contributed by atoms with Gasteiger partial charge in [-0.1, -0.05) is 27.7 Å². The van der Waals surface area contributed by atoms with Gasteiger partial charge in [0.1, 0.15) is 11.6 Å². The van der Waals surface area contributed by atoms with Crippen LogP contribution in [0.2, 0.25) is 0 Å². The second-order valence-electron chi connectivity index (χ2n) is 11.7. The van der Waals surface area contributed by atoms with Crippen LogP contribution in [0.15, 0.2) is 0 Å². The molecule has 5 fully saturated rings. The Bertz CT molecular complexity index is 991. The predicted octanol–water partition coefficient (Wildman–Crippen LogP) is 2.66. The first-order valence-corrected chi connectivity index (χ1v) is 17.5. The summed E-state index contributed by atoms with van der Waals surface area (Å²) < 4.78 is 62.0. The van der Waals surface area contributed by atoms with Crippen molar-refractivity contribution in [1.29, 1.82) is 0 Å². The van der Waals surface area contributed by atoms with Gasteiger partial charge in [-0.2, -0.15) is 40.4 Å². The van der Waals surface area contributed by atoms with Crippen molar-refractivity contribution in [2.75, 3.05) is 28.1 Å². The number of carbonyl (C=O) groups is 2. The first kappa shape index (κ1) is 41.8. The third-order valence-corrected chi connectivity index (χ3v) is 14.0. The van der Waals surface area contributed by atoms with Crippen molar-refractivity contribution in [1.82, 2.24) is 0 Å². The quantitative estimate of drug-likeness (QED) is 0.325. The Morgan fingerprint density at radius 1 is 0.737 bits per heavy atom. The van der Waals surface area contributed by atoms with Crippen LogP contribution in [0.3, 0.4) is 0 Å². The number of ketones is 2. The Hall–Kier alpha value is 3.80. The van der Waals surface area contributed by atoms with Crippen molar-refractivity contribution in [3.05, 3.63) is 0 Å². The van der Waals surface area contributed by atoms with Crippen LogP contribution in [0.4, 0.5) is 0 Å². The van der Waals surface area contributed by atoms with Gasteiger partial charge in [-0.25, -0.2) is 0 Å². The molecule has 8 nitrogen and oxygen atoms in total. The molecule has 0 aromatic rings. The summed E-state index contributed by atoms with van der Waals surface area (Å²) in [6.45, 7) is 7.78. The maximum absolute atomic E-state index is 11.9. The molecule has 0 aromatic heterocycles. The van der Waals surface area contributed by atoms with Gasteiger partial charge in [0.2, 0.25) is 0 Å². The molecule has 2 N–H and O–H groups in total. The molecule has 4 unspecified atom stereocenters. The van der Waals surface area contributed by atoms with Gasteiger partial charge < -0.3 is 0 Å². The third kappa shape index (κ3) is 8.74. The van der Waals surface area contributed by atoms with Crippen LogP contribution >= 0.6 is 23.5 Å². The van der Waals surface area contributed by atoms with Crippen molar-refractivity contribution in [3.8, 4) is 0 Å². The van der Waals surface area contributed by atoms with Crippen LogP contribution in [0.1, 0.15) is 66.2 Å². The molecule has 4 atom stereocenters. The molecule has 0 radical (unpaired) electrons. The van der Waals surface area contributed by atoms with E-state index in [-0.39, 0.29) is 157 Å². The molecule has 15 heteroatoms. The minimum absolute atomic E-state index is 0. The summed E-state index contributed by atoms with van der Waals surface area (Å²) in [6, 6.07) is 0. The Morgan fingerprint density at radius 2 is 1.05 bits per heavy atom. The minimum Gasteiger partial charge on any atom is 0 e. The van der Waals surface area contributed by atoms with Crippen LogP contribution in [0, 0.1) is 33.5 Å². The summed E-state index contributed by atoms with van der Waals surface area (Å²) >= 11 is 4.07. The molecule has 0 aromatic carbocycles. The number of rotatable bonds is 4. The average molecular weight is 757 g/mol. The van der Waals surface area contributed by atoms with Crippen LogP contribution in [0.5, 0.6) is 0 Å². The van der Waals surface area contributed by atoms with E-state index < -0.39 is 42.6 Å². The Morgan fingerprint density at radius 3 is 1.21 bits per heavy atom. The van der Waals surface area contributed by atoms with E-state index in [0.29, 0.717) is 25.7 Å². The van der Waals surface area contributed by atoms with Crippen molar-refractivity contribution in [2.24, 2.45) is 33.5 Å². The van der Waals surface area contributed by atoms with Gasteiger partial charge in [0.25, 0.3) is 20.2 Å². The summed E-state index contributed by atoms with van der Waals surface area (Å²) in [7, 11) is -8.15. The van der Waals surface area contributed by atoms with Gasteiger partial charge in [-0.05, 0) is 48.3 Å². The van der Waals surface area contributed by atoms with Crippen LogP contribution in [-0.2, 0) is 50.2 Å². The molecule has 1 aliphatic heterocycles. The Labute approximate surface area is 335 Å². The molecular weight excluding hydrogens is 717 g/mol. The maximum atomic E-state index is 11.9. The number of fused-ring (bicyclic) bond motifs is 4. The van der Waals surface area contributed by atoms with Crippen molar-refractivity contribution >= 4 is 158 Å².